The molecule has 6 heteroatoms. The van der Waals surface area contributed by atoms with Crippen LogP contribution < -0.4 is 20.1 Å². The Hall–Kier alpha value is -2.73. The largest absolute Gasteiger partial charge is 0.493 e. The summed E-state index contributed by atoms with van der Waals surface area (Å²) in [5.41, 5.74) is 2.40. The number of methoxy groups -OCH3 is 2. The zero-order valence-electron chi connectivity index (χ0n) is 17.6. The molecular formula is C23H32N4O2. The summed E-state index contributed by atoms with van der Waals surface area (Å²) in [4.78, 5) is 6.93. The van der Waals surface area contributed by atoms with Gasteiger partial charge in [-0.05, 0) is 31.0 Å². The molecule has 29 heavy (non-hydrogen) atoms. The molecule has 1 fully saturated rings. The fraction of sp³-hybridized carbons (Fsp3) is 0.435. The average Bonchev–Trinajstić information content (AvgIpc) is 3.21. The van der Waals surface area contributed by atoms with E-state index in [9.17, 15) is 0 Å². The van der Waals surface area contributed by atoms with Crippen LogP contribution in [0, 0.1) is 0 Å². The fourth-order valence-corrected chi connectivity index (χ4v) is 3.86. The number of ether oxygens (including phenoxy) is 2. The maximum absolute atomic E-state index is 5.51. The summed E-state index contributed by atoms with van der Waals surface area (Å²) in [7, 11) is 5.11. The highest BCUT2D eigenvalue weighted by Gasteiger charge is 2.24. The molecular weight excluding hydrogens is 364 g/mol. The third-order valence-corrected chi connectivity index (χ3v) is 5.39. The van der Waals surface area contributed by atoms with Crippen LogP contribution in [-0.2, 0) is 13.1 Å². The van der Waals surface area contributed by atoms with E-state index in [1.165, 1.54) is 18.4 Å². The molecule has 6 nitrogen and oxygen atoms in total. The summed E-state index contributed by atoms with van der Waals surface area (Å²) in [5, 5.41) is 6.87. The molecule has 0 radical (unpaired) electrons. The van der Waals surface area contributed by atoms with E-state index in [1.807, 2.05) is 18.2 Å². The molecule has 0 aromatic heterocycles. The zero-order valence-corrected chi connectivity index (χ0v) is 17.6. The summed E-state index contributed by atoms with van der Waals surface area (Å²) in [5.74, 6) is 2.28. The van der Waals surface area contributed by atoms with Crippen LogP contribution in [0.2, 0.25) is 0 Å². The van der Waals surface area contributed by atoms with Gasteiger partial charge in [-0.1, -0.05) is 42.5 Å². The lowest BCUT2D eigenvalue weighted by molar-refractivity contribution is 0.245. The van der Waals surface area contributed by atoms with E-state index < -0.39 is 0 Å². The first-order valence-electron chi connectivity index (χ1n) is 10.2. The van der Waals surface area contributed by atoms with Gasteiger partial charge in [-0.3, -0.25) is 9.89 Å². The van der Waals surface area contributed by atoms with Gasteiger partial charge in [0.2, 0.25) is 0 Å². The summed E-state index contributed by atoms with van der Waals surface area (Å²) in [6.07, 6.45) is 2.45. The molecule has 1 atom stereocenters. The minimum Gasteiger partial charge on any atom is -0.493 e. The molecule has 0 bridgehead atoms. The number of hydrogen-bond donors (Lipinski definition) is 2. The maximum atomic E-state index is 5.51. The molecule has 3 rings (SSSR count). The topological polar surface area (TPSA) is 58.1 Å². The van der Waals surface area contributed by atoms with Crippen molar-refractivity contribution in [1.29, 1.82) is 0 Å². The van der Waals surface area contributed by atoms with Gasteiger partial charge < -0.3 is 20.1 Å². The molecule has 2 N–H and O–H groups in total. The minimum atomic E-state index is 0.514. The van der Waals surface area contributed by atoms with Gasteiger partial charge >= 0.3 is 0 Å². The lowest BCUT2D eigenvalue weighted by Crippen LogP contribution is -2.44. The highest BCUT2D eigenvalue weighted by molar-refractivity contribution is 5.79. The van der Waals surface area contributed by atoms with Crippen LogP contribution in [0.4, 0.5) is 0 Å². The third-order valence-electron chi connectivity index (χ3n) is 5.39. The van der Waals surface area contributed by atoms with Crippen molar-refractivity contribution in [2.45, 2.75) is 32.0 Å². The van der Waals surface area contributed by atoms with Gasteiger partial charge in [0.15, 0.2) is 17.5 Å². The molecule has 1 unspecified atom stereocenters. The Morgan fingerprint density at radius 1 is 1.07 bits per heavy atom. The second kappa shape index (κ2) is 10.7. The van der Waals surface area contributed by atoms with E-state index in [4.69, 9.17) is 9.47 Å². The van der Waals surface area contributed by atoms with E-state index >= 15 is 0 Å². The number of hydrogen-bond acceptors (Lipinski definition) is 4. The molecule has 1 aliphatic heterocycles. The van der Waals surface area contributed by atoms with Crippen molar-refractivity contribution in [3.05, 3.63) is 59.7 Å². The number of likely N-dealkylation sites (tertiary alicyclic amines) is 1. The standard InChI is InChI=1S/C23H32N4O2/c1-24-23(25-15-19-11-7-13-21(28-2)22(19)29-3)26-16-20-12-8-14-27(20)17-18-9-5-4-6-10-18/h4-7,9-11,13,20H,8,12,14-17H2,1-3H3,(H2,24,25,26). The van der Waals surface area contributed by atoms with Crippen molar-refractivity contribution in [1.82, 2.24) is 15.5 Å². The summed E-state index contributed by atoms with van der Waals surface area (Å²) < 4.78 is 10.9. The van der Waals surface area contributed by atoms with Crippen LogP contribution in [0.5, 0.6) is 11.5 Å². The molecule has 1 heterocycles. The van der Waals surface area contributed by atoms with Gasteiger partial charge in [-0.2, -0.15) is 0 Å². The number of para-hydroxylation sites is 1. The SMILES string of the molecule is CN=C(NCc1cccc(OC)c1OC)NCC1CCCN1Cc1ccccc1. The van der Waals surface area contributed by atoms with Gasteiger partial charge in [-0.25, -0.2) is 0 Å². The lowest BCUT2D eigenvalue weighted by Gasteiger charge is -2.25. The van der Waals surface area contributed by atoms with E-state index in [-0.39, 0.29) is 0 Å². The minimum absolute atomic E-state index is 0.514. The zero-order chi connectivity index (χ0) is 20.5. The van der Waals surface area contributed by atoms with E-state index in [2.05, 4.69) is 50.9 Å². The number of guanidine groups is 1. The molecule has 0 aliphatic carbocycles. The normalized spacial score (nSPS) is 17.2. The highest BCUT2D eigenvalue weighted by Crippen LogP contribution is 2.30. The van der Waals surface area contributed by atoms with Gasteiger partial charge in [0.1, 0.15) is 0 Å². The quantitative estimate of drug-likeness (QED) is 0.531. The van der Waals surface area contributed by atoms with Crippen LogP contribution in [-0.4, -0.2) is 51.3 Å². The lowest BCUT2D eigenvalue weighted by atomic mass is 10.2. The van der Waals surface area contributed by atoms with Crippen LogP contribution in [0.15, 0.2) is 53.5 Å². The Labute approximate surface area is 173 Å². The first-order valence-corrected chi connectivity index (χ1v) is 10.2. The second-order valence-corrected chi connectivity index (χ2v) is 7.21. The Morgan fingerprint density at radius 2 is 1.90 bits per heavy atom. The van der Waals surface area contributed by atoms with Gasteiger partial charge in [0.25, 0.3) is 0 Å². The third kappa shape index (κ3) is 5.64. The Bertz CT molecular complexity index is 795. The second-order valence-electron chi connectivity index (χ2n) is 7.21. The van der Waals surface area contributed by atoms with Crippen LogP contribution in [0.1, 0.15) is 24.0 Å². The predicted molar refractivity (Wildman–Crippen MR) is 118 cm³/mol. The van der Waals surface area contributed by atoms with Gasteiger partial charge in [-0.15, -0.1) is 0 Å². The highest BCUT2D eigenvalue weighted by atomic mass is 16.5. The molecule has 1 aliphatic rings. The van der Waals surface area contributed by atoms with Crippen molar-refractivity contribution in [2.75, 3.05) is 34.4 Å². The van der Waals surface area contributed by atoms with E-state index in [0.717, 1.165) is 42.7 Å². The first-order chi connectivity index (χ1) is 14.2. The van der Waals surface area contributed by atoms with Crippen LogP contribution in [0.25, 0.3) is 0 Å². The number of rotatable bonds is 8. The fourth-order valence-electron chi connectivity index (χ4n) is 3.86. The van der Waals surface area contributed by atoms with Crippen LogP contribution >= 0.6 is 0 Å². The number of nitrogens with one attached hydrogen (secondary N) is 2. The van der Waals surface area contributed by atoms with Crippen LogP contribution in [0.3, 0.4) is 0 Å². The molecule has 2 aromatic rings. The molecule has 0 spiro atoms. The Balaban J connectivity index is 1.53. The predicted octanol–water partition coefficient (Wildman–Crippen LogP) is 3.03. The van der Waals surface area contributed by atoms with Crippen molar-refractivity contribution in [2.24, 2.45) is 4.99 Å². The van der Waals surface area contributed by atoms with Crippen molar-refractivity contribution >= 4 is 5.96 Å². The van der Waals surface area contributed by atoms with Crippen molar-refractivity contribution < 1.29 is 9.47 Å². The number of aliphatic imine (C=N–C) groups is 1. The molecule has 0 saturated carbocycles. The average molecular weight is 397 g/mol. The molecule has 156 valence electrons. The number of nitrogens with zero attached hydrogens (tertiary/aromatic N) is 2. The monoisotopic (exact) mass is 396 g/mol. The van der Waals surface area contributed by atoms with Gasteiger partial charge in [0, 0.05) is 38.3 Å². The molecule has 0 amide bonds. The Morgan fingerprint density at radius 3 is 2.62 bits per heavy atom. The maximum Gasteiger partial charge on any atom is 0.191 e. The summed E-state index contributed by atoms with van der Waals surface area (Å²) in [6, 6.07) is 17.1. The van der Waals surface area contributed by atoms with Crippen molar-refractivity contribution in [3.8, 4) is 11.5 Å². The molecule has 1 saturated heterocycles. The van der Waals surface area contributed by atoms with E-state index in [1.54, 1.807) is 21.3 Å². The smallest absolute Gasteiger partial charge is 0.191 e. The molecule has 2 aromatic carbocycles. The Kier molecular flexibility index (Phi) is 7.76. The van der Waals surface area contributed by atoms with E-state index in [0.29, 0.717) is 12.6 Å². The van der Waals surface area contributed by atoms with Crippen molar-refractivity contribution in [3.63, 3.8) is 0 Å². The van der Waals surface area contributed by atoms with Gasteiger partial charge in [0.05, 0.1) is 14.2 Å². The summed E-state index contributed by atoms with van der Waals surface area (Å²) >= 11 is 0. The first kappa shape index (κ1) is 21.0. The number of benzene rings is 2. The summed E-state index contributed by atoms with van der Waals surface area (Å²) in [6.45, 7) is 3.63.